The molecule has 0 saturated carbocycles. The van der Waals surface area contributed by atoms with Gasteiger partial charge in [0.25, 0.3) is 0 Å². The minimum atomic E-state index is -0.791. The Bertz CT molecular complexity index is 4320. The van der Waals surface area contributed by atoms with Crippen LogP contribution in [0, 0.1) is 0 Å². The molecule has 0 aliphatic carbocycles. The third-order valence-electron chi connectivity index (χ3n) is 8.99. The van der Waals surface area contributed by atoms with E-state index in [0.717, 1.165) is 4.57 Å². The van der Waals surface area contributed by atoms with Crippen molar-refractivity contribution in [2.75, 3.05) is 0 Å². The number of benzene rings is 8. The molecule has 0 spiro atoms. The van der Waals surface area contributed by atoms with E-state index in [1.807, 2.05) is 0 Å². The molecule has 0 aliphatic rings. The van der Waals surface area contributed by atoms with Crippen LogP contribution < -0.4 is 0 Å². The van der Waals surface area contributed by atoms with Gasteiger partial charge in [-0.2, -0.15) is 0 Å². The van der Waals surface area contributed by atoms with Crippen LogP contribution in [-0.2, 0) is 0 Å². The number of hydrogen-bond donors (Lipinski definition) is 0. The first-order chi connectivity index (χ1) is 34.9. The summed E-state index contributed by atoms with van der Waals surface area (Å²) < 4.78 is 209. The van der Waals surface area contributed by atoms with Crippen molar-refractivity contribution in [1.82, 2.24) is 13.7 Å². The molecule has 11 rings (SSSR count). The van der Waals surface area contributed by atoms with Crippen LogP contribution >= 0.6 is 0 Å². The summed E-state index contributed by atoms with van der Waals surface area (Å²) in [6.07, 6.45) is 0. The lowest BCUT2D eigenvalue weighted by Crippen LogP contribution is -1.99. The predicted molar refractivity (Wildman–Crippen MR) is 215 cm³/mol. The lowest BCUT2D eigenvalue weighted by molar-refractivity contribution is 1.16. The van der Waals surface area contributed by atoms with Crippen molar-refractivity contribution in [2.24, 2.45) is 0 Å². The second-order valence-corrected chi connectivity index (χ2v) is 11.6. The van der Waals surface area contributed by atoms with Gasteiger partial charge < -0.3 is 13.7 Å². The summed E-state index contributed by atoms with van der Waals surface area (Å²) in [6, 6.07) is -2.61. The van der Waals surface area contributed by atoms with Crippen molar-refractivity contribution in [3.05, 3.63) is 188 Å². The Morgan fingerprint density at radius 1 is 0.353 bits per heavy atom. The fourth-order valence-electron chi connectivity index (χ4n) is 6.91. The smallest absolute Gasteiger partial charge is 0.0652 e. The molecule has 3 aromatic heterocycles. The number of hydrogen-bond acceptors (Lipinski definition) is 0. The van der Waals surface area contributed by atoms with Crippen LogP contribution in [-0.4, -0.2) is 13.7 Å². The van der Waals surface area contributed by atoms with E-state index in [1.54, 1.807) is 48.5 Å². The van der Waals surface area contributed by atoms with Crippen molar-refractivity contribution in [3.8, 4) is 28.2 Å². The maximum absolute atomic E-state index is 9.99. The first kappa shape index (κ1) is 13.8. The summed E-state index contributed by atoms with van der Waals surface area (Å²) in [7, 11) is 0. The van der Waals surface area contributed by atoms with Gasteiger partial charge in [0, 0.05) is 49.3 Å². The van der Waals surface area contributed by atoms with E-state index in [1.165, 1.54) is 9.13 Å². The molecule has 0 bridgehead atoms. The molecule has 0 unspecified atom stereocenters. The monoisotopic (exact) mass is 672 g/mol. The lowest BCUT2D eigenvalue weighted by Gasteiger charge is -2.16. The summed E-state index contributed by atoms with van der Waals surface area (Å²) in [5, 5.41) is -1.63. The van der Waals surface area contributed by atoms with Crippen LogP contribution in [0.5, 0.6) is 0 Å². The number of para-hydroxylation sites is 6. The molecule has 0 saturated heterocycles. The van der Waals surface area contributed by atoms with Crippen molar-refractivity contribution in [1.29, 1.82) is 0 Å². The maximum atomic E-state index is 9.99. The van der Waals surface area contributed by atoms with E-state index in [2.05, 4.69) is 0 Å². The van der Waals surface area contributed by atoms with Crippen LogP contribution in [0.25, 0.3) is 93.6 Å². The Morgan fingerprint density at radius 3 is 1.37 bits per heavy atom. The van der Waals surface area contributed by atoms with Gasteiger partial charge in [-0.3, -0.25) is 0 Å². The van der Waals surface area contributed by atoms with Crippen molar-refractivity contribution in [3.63, 3.8) is 0 Å². The molecule has 51 heavy (non-hydrogen) atoms. The fourth-order valence-corrected chi connectivity index (χ4v) is 6.91. The molecule has 0 N–H and O–H groups in total. The molecule has 8 aromatic carbocycles. The van der Waals surface area contributed by atoms with Gasteiger partial charge in [-0.15, -0.1) is 0 Å². The van der Waals surface area contributed by atoms with Gasteiger partial charge in [-0.05, 0) is 72.1 Å². The number of fused-ring (bicyclic) bond motifs is 9. The van der Waals surface area contributed by atoms with Crippen LogP contribution in [0.4, 0.5) is 0 Å². The van der Waals surface area contributed by atoms with Crippen molar-refractivity contribution in [2.45, 2.75) is 0 Å². The van der Waals surface area contributed by atoms with Gasteiger partial charge in [0.15, 0.2) is 0 Å². The molecule has 0 amide bonds. The van der Waals surface area contributed by atoms with E-state index in [4.69, 9.17) is 24.7 Å². The summed E-state index contributed by atoms with van der Waals surface area (Å²) in [5.41, 5.74) is -1.37. The molecular formula is C48H31N3. The zero-order valence-corrected chi connectivity index (χ0v) is 26.0. The average molecular weight is 673 g/mol. The second kappa shape index (κ2) is 10.8. The molecule has 3 heteroatoms. The van der Waals surface area contributed by atoms with E-state index in [9.17, 15) is 6.85 Å². The van der Waals surface area contributed by atoms with Crippen LogP contribution in [0.1, 0.15) is 31.5 Å². The van der Waals surface area contributed by atoms with Gasteiger partial charge in [0.05, 0.1) is 70.3 Å². The first-order valence-electron chi connectivity index (χ1n) is 27.2. The maximum Gasteiger partial charge on any atom is 0.0652 e. The predicted octanol–water partition coefficient (Wildman–Crippen LogP) is 12.6. The summed E-state index contributed by atoms with van der Waals surface area (Å²) in [5.74, 6) is 0. The summed E-state index contributed by atoms with van der Waals surface area (Å²) in [6.45, 7) is 0. The third-order valence-corrected chi connectivity index (χ3v) is 8.99. The highest BCUT2D eigenvalue weighted by Crippen LogP contribution is 2.40. The zero-order valence-electron chi connectivity index (χ0n) is 49.0. The zero-order chi connectivity index (χ0) is 53.5. The van der Waals surface area contributed by atoms with Gasteiger partial charge in [-0.25, -0.2) is 0 Å². The topological polar surface area (TPSA) is 14.8 Å². The largest absolute Gasteiger partial charge is 0.309 e. The molecule has 0 fully saturated rings. The van der Waals surface area contributed by atoms with Gasteiger partial charge in [0.1, 0.15) is 0 Å². The Labute approximate surface area is 326 Å². The van der Waals surface area contributed by atoms with E-state index >= 15 is 0 Å². The van der Waals surface area contributed by atoms with E-state index in [0.29, 0.717) is 11.1 Å². The molecule has 11 aromatic rings. The Morgan fingerprint density at radius 2 is 0.804 bits per heavy atom. The number of nitrogens with zero attached hydrogens (tertiary/aromatic N) is 3. The lowest BCUT2D eigenvalue weighted by atomic mass is 10.0. The Kier molecular flexibility index (Phi) is 2.93. The minimum absolute atomic E-state index is 0.126. The second-order valence-electron chi connectivity index (χ2n) is 11.6. The number of aromatic nitrogens is 3. The molecule has 238 valence electrons. The first-order valence-corrected chi connectivity index (χ1v) is 15.7. The van der Waals surface area contributed by atoms with Gasteiger partial charge in [0.2, 0.25) is 0 Å². The van der Waals surface area contributed by atoms with Crippen molar-refractivity contribution >= 4 is 65.4 Å². The van der Waals surface area contributed by atoms with Gasteiger partial charge >= 0.3 is 0 Å². The van der Waals surface area contributed by atoms with Gasteiger partial charge in [-0.1, -0.05) is 121 Å². The molecule has 0 radical (unpaired) electrons. The summed E-state index contributed by atoms with van der Waals surface area (Å²) in [4.78, 5) is 0. The molecule has 0 atom stereocenters. The standard InChI is InChI=1S/C48H31N3/c1-7-22-42(35(16-1)32-14-13-15-33(30-32)49-43-23-8-2-17-36(43)37-18-3-9-24-44(37)49)51-47-27-12-6-21-40(47)41-31-34(28-29-48(41)51)50-45-25-10-4-19-38(45)39-20-5-11-26-46(39)50/h1-31H/i2D,3D,4D,5D,6D,8D,9D,10D,11D,12D,17D,18D,19D,20D,21D,23D,24D,25D,26D,27D,28D,29D,31D. The van der Waals surface area contributed by atoms with Crippen LogP contribution in [0.3, 0.4) is 0 Å². The minimum Gasteiger partial charge on any atom is -0.309 e. The highest BCUT2D eigenvalue weighted by molar-refractivity contribution is 6.13. The molecule has 0 aliphatic heterocycles. The quantitative estimate of drug-likeness (QED) is 0.177. The van der Waals surface area contributed by atoms with E-state index < -0.39 is 156 Å². The molecule has 3 nitrogen and oxygen atoms in total. The van der Waals surface area contributed by atoms with E-state index in [-0.39, 0.29) is 65.8 Å². The normalized spacial score (nSPS) is 18.2. The van der Waals surface area contributed by atoms with Crippen molar-refractivity contribution < 1.29 is 31.5 Å². The van der Waals surface area contributed by atoms with Crippen LogP contribution in [0.2, 0.25) is 0 Å². The fraction of sp³-hybridized carbons (Fsp3) is 0. The Hall–Kier alpha value is -6.84. The highest BCUT2D eigenvalue weighted by Gasteiger charge is 2.19. The average Bonchev–Trinajstić information content (AvgIpc) is 4.07. The Balaban J connectivity index is 1.27. The highest BCUT2D eigenvalue weighted by atomic mass is 15.0. The molecule has 3 heterocycles. The summed E-state index contributed by atoms with van der Waals surface area (Å²) >= 11 is 0. The molecular weight excluding hydrogens is 619 g/mol. The third kappa shape index (κ3) is 4.06. The number of rotatable bonds is 4. The van der Waals surface area contributed by atoms with Crippen LogP contribution in [0.15, 0.2) is 188 Å². The SMILES string of the molecule is [2H]c1c([2H])c([2H])c2c(c1[2H])c1c([2H])c([2H])c([2H])c([2H])c1n2-c1cccc(-c2ccccc2-n2c3c([2H])c([2H])c([2H])c([2H])c3c3c([2H])c(-n4c5c([2H])c([2H])c([2H])c([2H])c5c5c([2H])c([2H])c([2H])c([2H])c54)c([2H])c([2H])c32)c1.